The van der Waals surface area contributed by atoms with E-state index in [1.54, 1.807) is 62.0 Å². The van der Waals surface area contributed by atoms with Crippen molar-refractivity contribution in [1.82, 2.24) is 9.78 Å². The fraction of sp³-hybridized carbons (Fsp3) is 0.391. The van der Waals surface area contributed by atoms with Crippen LogP contribution < -0.4 is 5.32 Å². The zero-order valence-corrected chi connectivity index (χ0v) is 18.2. The molecule has 1 aliphatic heterocycles. The third kappa shape index (κ3) is 4.29. The summed E-state index contributed by atoms with van der Waals surface area (Å²) in [6.45, 7) is 6.50. The van der Waals surface area contributed by atoms with Gasteiger partial charge in [-0.1, -0.05) is 6.07 Å². The number of hydrogen-bond donors (Lipinski definition) is 1. The zero-order chi connectivity index (χ0) is 23.3. The molecule has 1 aliphatic rings. The molecule has 1 N–H and O–H groups in total. The summed E-state index contributed by atoms with van der Waals surface area (Å²) >= 11 is 0. The average Bonchev–Trinajstić information content (AvgIpc) is 3.38. The van der Waals surface area contributed by atoms with Crippen molar-refractivity contribution < 1.29 is 27.4 Å². The third-order valence-corrected chi connectivity index (χ3v) is 5.13. The van der Waals surface area contributed by atoms with Crippen LogP contribution in [0.4, 0.5) is 18.9 Å². The first-order chi connectivity index (χ1) is 14.9. The molecule has 9 heteroatoms. The number of nitrogens with zero attached hydrogens (tertiary/aromatic N) is 2. The van der Waals surface area contributed by atoms with E-state index < -0.39 is 23.3 Å². The summed E-state index contributed by atoms with van der Waals surface area (Å²) < 4.78 is 51.4. The summed E-state index contributed by atoms with van der Waals surface area (Å²) in [6, 6.07) is 10.5. The molecule has 1 fully saturated rings. The second-order valence-electron chi connectivity index (χ2n) is 8.99. The number of ether oxygens (including phenoxy) is 2. The molecule has 170 valence electrons. The lowest BCUT2D eigenvalue weighted by Crippen LogP contribution is -2.39. The van der Waals surface area contributed by atoms with Gasteiger partial charge in [-0.15, -0.1) is 0 Å². The Morgan fingerprint density at radius 2 is 1.97 bits per heavy atom. The van der Waals surface area contributed by atoms with E-state index in [9.17, 15) is 18.0 Å². The number of hydrogen-bond acceptors (Lipinski definition) is 5. The van der Waals surface area contributed by atoms with Gasteiger partial charge in [0.15, 0.2) is 0 Å². The van der Waals surface area contributed by atoms with E-state index in [-0.39, 0.29) is 13.2 Å². The molecule has 2 aromatic carbocycles. The van der Waals surface area contributed by atoms with Crippen LogP contribution >= 0.6 is 0 Å². The molecule has 6 nitrogen and oxygen atoms in total. The van der Waals surface area contributed by atoms with Crippen LogP contribution in [0, 0.1) is 6.92 Å². The first-order valence-corrected chi connectivity index (χ1v) is 10.2. The summed E-state index contributed by atoms with van der Waals surface area (Å²) in [6.07, 6.45) is -2.85. The Bertz CT molecular complexity index is 1170. The number of carbonyl (C=O) groups excluding carboxylic acids is 1. The number of anilines is 1. The van der Waals surface area contributed by atoms with Crippen molar-refractivity contribution in [2.24, 2.45) is 0 Å². The smallest absolute Gasteiger partial charge is 0.421 e. The third-order valence-electron chi connectivity index (χ3n) is 5.13. The average molecular weight is 447 g/mol. The topological polar surface area (TPSA) is 68.7 Å². The largest absolute Gasteiger partial charge is 0.456 e. The Morgan fingerprint density at radius 3 is 2.59 bits per heavy atom. The first kappa shape index (κ1) is 22.1. The van der Waals surface area contributed by atoms with Gasteiger partial charge in [0, 0.05) is 11.1 Å². The summed E-state index contributed by atoms with van der Waals surface area (Å²) in [5, 5.41) is 7.97. The lowest BCUT2D eigenvalue weighted by molar-refractivity contribution is -0.179. The predicted octanol–water partition coefficient (Wildman–Crippen LogP) is 5.03. The van der Waals surface area contributed by atoms with Crippen LogP contribution in [0.3, 0.4) is 0 Å². The van der Waals surface area contributed by atoms with Crippen LogP contribution in [-0.4, -0.2) is 46.3 Å². The van der Waals surface area contributed by atoms with Crippen LogP contribution in [-0.2, 0) is 9.47 Å². The fourth-order valence-electron chi connectivity index (χ4n) is 3.41. The van der Waals surface area contributed by atoms with Gasteiger partial charge in [0.05, 0.1) is 36.1 Å². The highest BCUT2D eigenvalue weighted by Crippen LogP contribution is 2.44. The lowest BCUT2D eigenvalue weighted by Gasteiger charge is -2.19. The minimum absolute atomic E-state index is 0.352. The number of halogens is 3. The molecule has 0 radical (unpaired) electrons. The number of benzene rings is 2. The van der Waals surface area contributed by atoms with Gasteiger partial charge in [0.25, 0.3) is 0 Å². The molecule has 32 heavy (non-hydrogen) atoms. The van der Waals surface area contributed by atoms with E-state index in [4.69, 9.17) is 9.47 Å². The quantitative estimate of drug-likeness (QED) is 0.439. The molecule has 1 saturated heterocycles. The van der Waals surface area contributed by atoms with Crippen LogP contribution in [0.25, 0.3) is 16.6 Å². The molecular formula is C23H24F3N3O3. The van der Waals surface area contributed by atoms with Crippen molar-refractivity contribution >= 4 is 22.6 Å². The minimum Gasteiger partial charge on any atom is -0.456 e. The lowest BCUT2D eigenvalue weighted by atomic mass is 10.1. The van der Waals surface area contributed by atoms with Gasteiger partial charge in [0.1, 0.15) is 5.60 Å². The number of epoxide rings is 1. The van der Waals surface area contributed by atoms with Crippen LogP contribution in [0.15, 0.2) is 42.6 Å². The Labute approximate surface area is 183 Å². The Kier molecular flexibility index (Phi) is 5.20. The highest BCUT2D eigenvalue weighted by molar-refractivity contribution is 5.94. The number of aryl methyl sites for hydroxylation is 1. The summed E-state index contributed by atoms with van der Waals surface area (Å²) in [5.41, 5.74) is 0.341. The molecular weight excluding hydrogens is 423 g/mol. The number of aromatic nitrogens is 2. The Morgan fingerprint density at radius 1 is 1.25 bits per heavy atom. The monoisotopic (exact) mass is 447 g/mol. The summed E-state index contributed by atoms with van der Waals surface area (Å²) in [7, 11) is 0. The maximum absolute atomic E-state index is 13.2. The summed E-state index contributed by atoms with van der Waals surface area (Å²) in [5.74, 6) is -0.448. The number of fused-ring (bicyclic) bond motifs is 1. The number of alkyl halides is 3. The minimum atomic E-state index is -4.44. The van der Waals surface area contributed by atoms with Gasteiger partial charge in [-0.25, -0.2) is 9.48 Å². The van der Waals surface area contributed by atoms with Crippen LogP contribution in [0.5, 0.6) is 0 Å². The maximum Gasteiger partial charge on any atom is 0.421 e. The normalized spacial score (nSPS) is 18.6. The van der Waals surface area contributed by atoms with E-state index in [2.05, 4.69) is 10.4 Å². The van der Waals surface area contributed by atoms with Gasteiger partial charge in [-0.3, -0.25) is 0 Å². The van der Waals surface area contributed by atoms with E-state index in [0.29, 0.717) is 27.8 Å². The molecule has 0 amide bonds. The van der Waals surface area contributed by atoms with Crippen LogP contribution in [0.2, 0.25) is 0 Å². The molecule has 0 bridgehead atoms. The predicted molar refractivity (Wildman–Crippen MR) is 114 cm³/mol. The number of carbonyl (C=O) groups is 1. The van der Waals surface area contributed by atoms with Crippen molar-refractivity contribution in [3.8, 4) is 5.69 Å². The van der Waals surface area contributed by atoms with Crippen molar-refractivity contribution in [2.75, 3.05) is 18.5 Å². The van der Waals surface area contributed by atoms with E-state index in [0.717, 1.165) is 5.56 Å². The second-order valence-corrected chi connectivity index (χ2v) is 8.99. The highest BCUT2D eigenvalue weighted by atomic mass is 19.4. The summed E-state index contributed by atoms with van der Waals surface area (Å²) in [4.78, 5) is 12.5. The molecule has 4 rings (SSSR count). The molecule has 1 unspecified atom stereocenters. The number of rotatable bonds is 5. The molecule has 3 aromatic rings. The van der Waals surface area contributed by atoms with Gasteiger partial charge < -0.3 is 14.8 Å². The van der Waals surface area contributed by atoms with Crippen molar-refractivity contribution in [1.29, 1.82) is 0 Å². The Hall–Kier alpha value is -3.07. The zero-order valence-electron chi connectivity index (χ0n) is 18.2. The molecule has 2 heterocycles. The standard InChI is InChI=1S/C23H24F3N3O3/c1-14-8-18(27-12-22(13-31-22)23(24,25)26)17-11-28-29(19(17)9-14)16-7-5-6-15(10-16)20(30)32-21(2,3)4/h5-11,27H,12-13H2,1-4H3. The van der Waals surface area contributed by atoms with E-state index in [1.807, 2.05) is 13.0 Å². The van der Waals surface area contributed by atoms with E-state index >= 15 is 0 Å². The number of esters is 1. The number of nitrogens with one attached hydrogen (secondary N) is 1. The second kappa shape index (κ2) is 7.51. The Balaban J connectivity index is 1.66. The van der Waals surface area contributed by atoms with E-state index in [1.165, 1.54) is 0 Å². The van der Waals surface area contributed by atoms with Crippen molar-refractivity contribution in [3.05, 3.63) is 53.7 Å². The van der Waals surface area contributed by atoms with Crippen molar-refractivity contribution in [3.63, 3.8) is 0 Å². The molecule has 1 atom stereocenters. The molecule has 1 aromatic heterocycles. The fourth-order valence-corrected chi connectivity index (χ4v) is 3.41. The maximum atomic E-state index is 13.2. The highest BCUT2D eigenvalue weighted by Gasteiger charge is 2.65. The van der Waals surface area contributed by atoms with Crippen LogP contribution in [0.1, 0.15) is 36.7 Å². The molecule has 0 spiro atoms. The van der Waals surface area contributed by atoms with Gasteiger partial charge in [0.2, 0.25) is 5.60 Å². The van der Waals surface area contributed by atoms with Gasteiger partial charge in [-0.05, 0) is 63.6 Å². The SMILES string of the molecule is Cc1cc(NCC2(C(F)(F)F)CO2)c2cnn(-c3cccc(C(=O)OC(C)(C)C)c3)c2c1. The first-order valence-electron chi connectivity index (χ1n) is 10.2. The molecule has 0 saturated carbocycles. The van der Waals surface area contributed by atoms with Crippen molar-refractivity contribution in [2.45, 2.75) is 45.1 Å². The van der Waals surface area contributed by atoms with Gasteiger partial charge >= 0.3 is 12.1 Å². The molecule has 0 aliphatic carbocycles. The van der Waals surface area contributed by atoms with Gasteiger partial charge in [-0.2, -0.15) is 18.3 Å².